The number of carbonyl (C=O) groups excluding carboxylic acids is 1. The van der Waals surface area contributed by atoms with E-state index >= 15 is 0 Å². The molecule has 1 heterocycles. The zero-order valence-corrected chi connectivity index (χ0v) is 15.5. The highest BCUT2D eigenvalue weighted by Gasteiger charge is 2.10. The van der Waals surface area contributed by atoms with Crippen LogP contribution in [0.4, 0.5) is 0 Å². The first-order valence-corrected chi connectivity index (χ1v) is 9.39. The van der Waals surface area contributed by atoms with E-state index in [2.05, 4.69) is 11.1 Å². The Labute approximate surface area is 166 Å². The number of benzene rings is 3. The minimum absolute atomic E-state index is 0.406. The van der Waals surface area contributed by atoms with Gasteiger partial charge in [0.2, 0.25) is 0 Å². The van der Waals surface area contributed by atoms with Gasteiger partial charge in [-0.15, -0.1) is 11.3 Å². The molecule has 0 fully saturated rings. The number of rotatable bonds is 4. The van der Waals surface area contributed by atoms with Crippen LogP contribution in [0.5, 0.6) is 5.75 Å². The van der Waals surface area contributed by atoms with Gasteiger partial charge in [-0.1, -0.05) is 42.5 Å². The zero-order valence-electron chi connectivity index (χ0n) is 14.7. The standard InChI is InChI=1S/C23H14N2O2S/c24-15-18(22-25-20-8-4-5-9-21(20)28-22)14-16-10-12-19(13-11-16)27-23(26)17-6-2-1-3-7-17/h1-14H/b18-14+. The van der Waals surface area contributed by atoms with E-state index in [1.165, 1.54) is 11.3 Å². The van der Waals surface area contributed by atoms with Crippen LogP contribution in [0.1, 0.15) is 20.9 Å². The Bertz CT molecular complexity index is 1170. The summed E-state index contributed by atoms with van der Waals surface area (Å²) in [7, 11) is 0. The second-order valence-electron chi connectivity index (χ2n) is 5.98. The molecule has 0 atom stereocenters. The summed E-state index contributed by atoms with van der Waals surface area (Å²) >= 11 is 1.49. The van der Waals surface area contributed by atoms with Gasteiger partial charge in [0.05, 0.1) is 21.4 Å². The number of allylic oxidation sites excluding steroid dienone is 1. The molecule has 3 aromatic carbocycles. The lowest BCUT2D eigenvalue weighted by Crippen LogP contribution is -2.07. The maximum atomic E-state index is 12.1. The van der Waals surface area contributed by atoms with E-state index in [1.807, 2.05) is 30.3 Å². The quantitative estimate of drug-likeness (QED) is 0.263. The van der Waals surface area contributed by atoms with Crippen molar-refractivity contribution in [2.75, 3.05) is 0 Å². The third kappa shape index (κ3) is 3.83. The van der Waals surface area contributed by atoms with Gasteiger partial charge in [0.15, 0.2) is 0 Å². The van der Waals surface area contributed by atoms with Crippen LogP contribution >= 0.6 is 11.3 Å². The fourth-order valence-electron chi connectivity index (χ4n) is 2.67. The molecule has 134 valence electrons. The lowest BCUT2D eigenvalue weighted by Gasteiger charge is -2.04. The van der Waals surface area contributed by atoms with Crippen molar-refractivity contribution in [3.05, 3.63) is 95.0 Å². The van der Waals surface area contributed by atoms with Crippen LogP contribution in [-0.4, -0.2) is 11.0 Å². The van der Waals surface area contributed by atoms with Gasteiger partial charge in [0, 0.05) is 0 Å². The van der Waals surface area contributed by atoms with Crippen LogP contribution in [0, 0.1) is 11.3 Å². The van der Waals surface area contributed by atoms with E-state index in [4.69, 9.17) is 4.74 Å². The first-order valence-electron chi connectivity index (χ1n) is 8.58. The van der Waals surface area contributed by atoms with Crippen molar-refractivity contribution in [2.24, 2.45) is 0 Å². The van der Waals surface area contributed by atoms with Crippen LogP contribution in [-0.2, 0) is 0 Å². The van der Waals surface area contributed by atoms with Crippen molar-refractivity contribution in [3.63, 3.8) is 0 Å². The molecule has 0 aliphatic carbocycles. The van der Waals surface area contributed by atoms with E-state index in [1.54, 1.807) is 54.6 Å². The van der Waals surface area contributed by atoms with Crippen molar-refractivity contribution in [3.8, 4) is 11.8 Å². The van der Waals surface area contributed by atoms with Crippen molar-refractivity contribution in [2.45, 2.75) is 0 Å². The monoisotopic (exact) mass is 382 g/mol. The number of nitrogens with zero attached hydrogens (tertiary/aromatic N) is 2. The molecule has 0 saturated carbocycles. The Balaban J connectivity index is 1.54. The highest BCUT2D eigenvalue weighted by molar-refractivity contribution is 7.19. The predicted molar refractivity (Wildman–Crippen MR) is 111 cm³/mol. The van der Waals surface area contributed by atoms with Crippen LogP contribution in [0.15, 0.2) is 78.9 Å². The van der Waals surface area contributed by atoms with E-state index < -0.39 is 5.97 Å². The molecule has 0 bridgehead atoms. The number of hydrogen-bond donors (Lipinski definition) is 0. The fraction of sp³-hybridized carbons (Fsp3) is 0. The normalized spacial score (nSPS) is 11.2. The molecule has 28 heavy (non-hydrogen) atoms. The summed E-state index contributed by atoms with van der Waals surface area (Å²) in [5.41, 5.74) is 2.70. The van der Waals surface area contributed by atoms with Gasteiger partial charge >= 0.3 is 5.97 Å². The molecule has 0 saturated heterocycles. The number of esters is 1. The van der Waals surface area contributed by atoms with E-state index in [0.29, 0.717) is 21.9 Å². The molecule has 1 aromatic heterocycles. The van der Waals surface area contributed by atoms with Crippen LogP contribution in [0.2, 0.25) is 0 Å². The second-order valence-corrected chi connectivity index (χ2v) is 7.01. The summed E-state index contributed by atoms with van der Waals surface area (Å²) in [6.07, 6.45) is 1.78. The van der Waals surface area contributed by atoms with Gasteiger partial charge in [0.1, 0.15) is 16.8 Å². The fourth-order valence-corrected chi connectivity index (χ4v) is 3.60. The molecule has 0 aliphatic rings. The van der Waals surface area contributed by atoms with Crippen molar-refractivity contribution in [1.29, 1.82) is 5.26 Å². The molecule has 0 spiro atoms. The number of carbonyl (C=O) groups is 1. The van der Waals surface area contributed by atoms with Crippen LogP contribution in [0.25, 0.3) is 21.9 Å². The van der Waals surface area contributed by atoms with Crippen molar-refractivity contribution in [1.82, 2.24) is 4.98 Å². The highest BCUT2D eigenvalue weighted by Crippen LogP contribution is 2.28. The lowest BCUT2D eigenvalue weighted by molar-refractivity contribution is 0.0735. The Hall–Kier alpha value is -3.75. The molecule has 0 radical (unpaired) electrons. The van der Waals surface area contributed by atoms with E-state index in [-0.39, 0.29) is 0 Å². The number of aromatic nitrogens is 1. The van der Waals surface area contributed by atoms with Crippen LogP contribution < -0.4 is 4.74 Å². The number of para-hydroxylation sites is 1. The SMILES string of the molecule is N#C/C(=C\c1ccc(OC(=O)c2ccccc2)cc1)c1nc2ccccc2s1. The molecular weight excluding hydrogens is 368 g/mol. The minimum atomic E-state index is -0.406. The van der Waals surface area contributed by atoms with Crippen molar-refractivity contribution >= 4 is 39.2 Å². The molecule has 4 nitrogen and oxygen atoms in total. The van der Waals surface area contributed by atoms with Gasteiger partial charge in [-0.2, -0.15) is 5.26 Å². The summed E-state index contributed by atoms with van der Waals surface area (Å²) in [4.78, 5) is 16.6. The lowest BCUT2D eigenvalue weighted by atomic mass is 10.1. The topological polar surface area (TPSA) is 63.0 Å². The average Bonchev–Trinajstić information content (AvgIpc) is 3.18. The van der Waals surface area contributed by atoms with Gasteiger partial charge < -0.3 is 4.74 Å². The van der Waals surface area contributed by atoms with Crippen LogP contribution in [0.3, 0.4) is 0 Å². The molecule has 4 aromatic rings. The average molecular weight is 382 g/mol. The van der Waals surface area contributed by atoms with E-state index in [9.17, 15) is 10.1 Å². The van der Waals surface area contributed by atoms with E-state index in [0.717, 1.165) is 15.8 Å². The molecule has 4 rings (SSSR count). The summed E-state index contributed by atoms with van der Waals surface area (Å²) in [5.74, 6) is 0.0422. The second kappa shape index (κ2) is 7.87. The largest absolute Gasteiger partial charge is 0.423 e. The number of hydrogen-bond acceptors (Lipinski definition) is 5. The first-order chi connectivity index (χ1) is 13.7. The Morgan fingerprint density at radius 2 is 1.68 bits per heavy atom. The molecule has 0 aliphatic heterocycles. The zero-order chi connectivity index (χ0) is 19.3. The van der Waals surface area contributed by atoms with Gasteiger partial charge in [-0.05, 0) is 48.0 Å². The summed E-state index contributed by atoms with van der Waals surface area (Å²) in [6, 6.07) is 25.9. The first kappa shape index (κ1) is 17.7. The van der Waals surface area contributed by atoms with Crippen molar-refractivity contribution < 1.29 is 9.53 Å². The molecule has 0 amide bonds. The summed E-state index contributed by atoms with van der Waals surface area (Å²) < 4.78 is 6.42. The minimum Gasteiger partial charge on any atom is -0.423 e. The highest BCUT2D eigenvalue weighted by atomic mass is 32.1. The number of fused-ring (bicyclic) bond motifs is 1. The Morgan fingerprint density at radius 1 is 0.964 bits per heavy atom. The number of ether oxygens (including phenoxy) is 1. The maximum Gasteiger partial charge on any atom is 0.343 e. The predicted octanol–water partition coefficient (Wildman–Crippen LogP) is 5.58. The molecule has 0 unspecified atom stereocenters. The Kier molecular flexibility index (Phi) is 4.96. The van der Waals surface area contributed by atoms with Gasteiger partial charge in [-0.3, -0.25) is 0 Å². The van der Waals surface area contributed by atoms with Gasteiger partial charge in [-0.25, -0.2) is 9.78 Å². The molecular formula is C23H14N2O2S. The smallest absolute Gasteiger partial charge is 0.343 e. The number of nitriles is 1. The number of thiazole rings is 1. The maximum absolute atomic E-state index is 12.1. The Morgan fingerprint density at radius 3 is 2.39 bits per heavy atom. The summed E-state index contributed by atoms with van der Waals surface area (Å²) in [5, 5.41) is 10.2. The third-order valence-corrected chi connectivity index (χ3v) is 5.13. The molecule has 0 N–H and O–H groups in total. The van der Waals surface area contributed by atoms with Gasteiger partial charge in [0.25, 0.3) is 0 Å². The molecule has 5 heteroatoms. The summed E-state index contributed by atoms with van der Waals surface area (Å²) in [6.45, 7) is 0. The third-order valence-electron chi connectivity index (χ3n) is 4.06.